The molecule has 11 heteroatoms. The van der Waals surface area contributed by atoms with Crippen LogP contribution >= 0.6 is 23.2 Å². The lowest BCUT2D eigenvalue weighted by Crippen LogP contribution is -2.29. The first-order valence-electron chi connectivity index (χ1n) is 10.4. The number of benzene rings is 2. The second-order valence-corrected chi connectivity index (χ2v) is 8.72. The molecule has 1 N–H and O–H groups in total. The number of halogens is 5. The van der Waals surface area contributed by atoms with Crippen LogP contribution in [0.3, 0.4) is 0 Å². The standard InChI is InChI=1S/C25H17Cl2F3N2O4/c1-36-23-17(9-16(26)10-18(23)27)21(33)19-20(14-5-3-7-31-11-14)32(24(35)22(19)34)12-13-4-2-6-15(8-13)25(28,29)30/h2-11,20,33H,12H2,1H3/b21-19+. The van der Waals surface area contributed by atoms with Crippen LogP contribution in [0.25, 0.3) is 5.76 Å². The van der Waals surface area contributed by atoms with Crippen molar-refractivity contribution in [2.75, 3.05) is 7.11 Å². The molecule has 6 nitrogen and oxygen atoms in total. The maximum atomic E-state index is 13.2. The van der Waals surface area contributed by atoms with Crippen LogP contribution in [-0.4, -0.2) is 33.8 Å². The normalized spacial score (nSPS) is 17.5. The molecule has 0 aliphatic carbocycles. The molecule has 1 fully saturated rings. The predicted molar refractivity (Wildman–Crippen MR) is 127 cm³/mol. The van der Waals surface area contributed by atoms with E-state index in [0.717, 1.165) is 17.0 Å². The second-order valence-electron chi connectivity index (χ2n) is 7.88. The molecule has 1 aliphatic rings. The van der Waals surface area contributed by atoms with Gasteiger partial charge in [-0.2, -0.15) is 13.2 Å². The van der Waals surface area contributed by atoms with Crippen molar-refractivity contribution in [1.82, 2.24) is 9.88 Å². The second kappa shape index (κ2) is 9.83. The predicted octanol–water partition coefficient (Wildman–Crippen LogP) is 6.04. The van der Waals surface area contributed by atoms with Gasteiger partial charge in [-0.1, -0.05) is 41.4 Å². The largest absolute Gasteiger partial charge is 0.507 e. The number of hydrogen-bond acceptors (Lipinski definition) is 5. The number of ether oxygens (including phenoxy) is 1. The highest BCUT2D eigenvalue weighted by Gasteiger charge is 2.46. The van der Waals surface area contributed by atoms with Crippen LogP contribution in [0.15, 0.2) is 66.5 Å². The van der Waals surface area contributed by atoms with E-state index in [1.807, 2.05) is 0 Å². The van der Waals surface area contributed by atoms with Crippen LogP contribution in [0.2, 0.25) is 10.0 Å². The van der Waals surface area contributed by atoms with E-state index in [4.69, 9.17) is 27.9 Å². The highest BCUT2D eigenvalue weighted by Crippen LogP contribution is 2.43. The van der Waals surface area contributed by atoms with Crippen molar-refractivity contribution < 1.29 is 32.6 Å². The van der Waals surface area contributed by atoms with Crippen LogP contribution < -0.4 is 4.74 Å². The van der Waals surface area contributed by atoms with E-state index in [2.05, 4.69) is 4.98 Å². The molecule has 4 rings (SSSR count). The van der Waals surface area contributed by atoms with Gasteiger partial charge < -0.3 is 14.7 Å². The molecule has 0 saturated carbocycles. The maximum absolute atomic E-state index is 13.2. The number of Topliss-reactive ketones (excluding diaryl/α,β-unsaturated/α-hetero) is 1. The first kappa shape index (κ1) is 25.5. The highest BCUT2D eigenvalue weighted by molar-refractivity contribution is 6.46. The molecular formula is C25H17Cl2F3N2O4. The molecular weight excluding hydrogens is 520 g/mol. The highest BCUT2D eigenvalue weighted by atomic mass is 35.5. The van der Waals surface area contributed by atoms with Gasteiger partial charge in [-0.05, 0) is 41.5 Å². The molecule has 1 atom stereocenters. The van der Waals surface area contributed by atoms with Gasteiger partial charge in [-0.25, -0.2) is 0 Å². The van der Waals surface area contributed by atoms with Crippen molar-refractivity contribution in [1.29, 1.82) is 0 Å². The van der Waals surface area contributed by atoms with E-state index >= 15 is 0 Å². The average molecular weight is 537 g/mol. The Labute approximate surface area is 213 Å². The van der Waals surface area contributed by atoms with E-state index in [1.165, 1.54) is 43.8 Å². The summed E-state index contributed by atoms with van der Waals surface area (Å²) < 4.78 is 45.0. The fraction of sp³-hybridized carbons (Fsp3) is 0.160. The Morgan fingerprint density at radius 1 is 1.14 bits per heavy atom. The molecule has 1 amide bonds. The monoisotopic (exact) mass is 536 g/mol. The number of aliphatic hydroxyl groups is 1. The van der Waals surface area contributed by atoms with E-state index in [9.17, 15) is 27.9 Å². The van der Waals surface area contributed by atoms with E-state index in [0.29, 0.717) is 5.56 Å². The number of likely N-dealkylation sites (tertiary alicyclic amines) is 1. The Morgan fingerprint density at radius 2 is 1.89 bits per heavy atom. The minimum absolute atomic E-state index is 0.0209. The fourth-order valence-electron chi connectivity index (χ4n) is 4.06. The molecule has 1 aromatic heterocycles. The summed E-state index contributed by atoms with van der Waals surface area (Å²) in [5.74, 6) is -2.62. The van der Waals surface area contributed by atoms with Crippen LogP contribution in [0.4, 0.5) is 13.2 Å². The van der Waals surface area contributed by atoms with E-state index in [1.54, 1.807) is 12.1 Å². The molecule has 1 unspecified atom stereocenters. The molecule has 36 heavy (non-hydrogen) atoms. The van der Waals surface area contributed by atoms with Crippen LogP contribution in [0.5, 0.6) is 5.75 Å². The summed E-state index contributed by atoms with van der Waals surface area (Å²) in [5, 5.41) is 11.4. The molecule has 0 radical (unpaired) electrons. The number of ketones is 1. The Balaban J connectivity index is 1.89. The summed E-state index contributed by atoms with van der Waals surface area (Å²) in [7, 11) is 1.30. The van der Waals surface area contributed by atoms with Crippen LogP contribution in [0.1, 0.15) is 28.3 Å². The van der Waals surface area contributed by atoms with Gasteiger partial charge in [0.05, 0.1) is 34.9 Å². The number of pyridine rings is 1. The van der Waals surface area contributed by atoms with Gasteiger partial charge in [-0.15, -0.1) is 0 Å². The average Bonchev–Trinajstić information content (AvgIpc) is 3.08. The number of hydrogen-bond donors (Lipinski definition) is 1. The summed E-state index contributed by atoms with van der Waals surface area (Å²) >= 11 is 12.3. The lowest BCUT2D eigenvalue weighted by molar-refractivity contribution is -0.140. The Kier molecular flexibility index (Phi) is 6.97. The third-order valence-electron chi connectivity index (χ3n) is 5.61. The van der Waals surface area contributed by atoms with Gasteiger partial charge in [0.1, 0.15) is 11.5 Å². The molecule has 0 spiro atoms. The zero-order valence-electron chi connectivity index (χ0n) is 18.5. The summed E-state index contributed by atoms with van der Waals surface area (Å²) in [6.45, 7) is -0.335. The quantitative estimate of drug-likeness (QED) is 0.244. The number of carbonyl (C=O) groups excluding carboxylic acids is 2. The fourth-order valence-corrected chi connectivity index (χ4v) is 4.63. The van der Waals surface area contributed by atoms with Gasteiger partial charge in [-0.3, -0.25) is 14.6 Å². The van der Waals surface area contributed by atoms with Gasteiger partial charge in [0.25, 0.3) is 11.7 Å². The third kappa shape index (κ3) is 4.76. The lowest BCUT2D eigenvalue weighted by atomic mass is 9.95. The molecule has 2 aromatic carbocycles. The smallest absolute Gasteiger partial charge is 0.416 e. The van der Waals surface area contributed by atoms with Gasteiger partial charge in [0.2, 0.25) is 0 Å². The number of aromatic nitrogens is 1. The van der Waals surface area contributed by atoms with Crippen molar-refractivity contribution in [3.8, 4) is 5.75 Å². The molecule has 186 valence electrons. The van der Waals surface area contributed by atoms with Crippen LogP contribution in [-0.2, 0) is 22.3 Å². The molecule has 3 aromatic rings. The minimum Gasteiger partial charge on any atom is -0.507 e. The number of alkyl halides is 3. The molecule has 1 aliphatic heterocycles. The van der Waals surface area contributed by atoms with Crippen molar-refractivity contribution in [3.63, 3.8) is 0 Å². The number of rotatable bonds is 5. The number of nitrogens with zero attached hydrogens (tertiary/aromatic N) is 2. The van der Waals surface area contributed by atoms with Crippen molar-refractivity contribution in [3.05, 3.63) is 98.8 Å². The molecule has 0 bridgehead atoms. The van der Waals surface area contributed by atoms with Gasteiger partial charge >= 0.3 is 6.18 Å². The first-order valence-corrected chi connectivity index (χ1v) is 11.2. The summed E-state index contributed by atoms with van der Waals surface area (Å²) in [4.78, 5) is 31.4. The van der Waals surface area contributed by atoms with Crippen LogP contribution in [0, 0.1) is 0 Å². The van der Waals surface area contributed by atoms with E-state index < -0.39 is 35.2 Å². The Bertz CT molecular complexity index is 1380. The zero-order valence-corrected chi connectivity index (χ0v) is 20.0. The van der Waals surface area contributed by atoms with E-state index in [-0.39, 0.29) is 39.0 Å². The van der Waals surface area contributed by atoms with Crippen molar-refractivity contribution in [2.45, 2.75) is 18.8 Å². The van der Waals surface area contributed by atoms with Gasteiger partial charge in [0, 0.05) is 24.0 Å². The number of amides is 1. The minimum atomic E-state index is -4.59. The van der Waals surface area contributed by atoms with Crippen molar-refractivity contribution in [2.24, 2.45) is 0 Å². The summed E-state index contributed by atoms with van der Waals surface area (Å²) in [6.07, 6.45) is -1.72. The summed E-state index contributed by atoms with van der Waals surface area (Å²) in [6, 6.07) is 9.13. The number of methoxy groups -OCH3 is 1. The number of aliphatic hydroxyl groups excluding tert-OH is 1. The topological polar surface area (TPSA) is 79.7 Å². The Morgan fingerprint density at radius 3 is 2.53 bits per heavy atom. The molecule has 1 saturated heterocycles. The van der Waals surface area contributed by atoms with Gasteiger partial charge in [0.15, 0.2) is 0 Å². The lowest BCUT2D eigenvalue weighted by Gasteiger charge is -2.25. The SMILES string of the molecule is COc1c(Cl)cc(Cl)cc1/C(O)=C1\C(=O)C(=O)N(Cc2cccc(C(F)(F)F)c2)C1c1cccnc1. The number of carbonyl (C=O) groups is 2. The molecule has 2 heterocycles. The summed E-state index contributed by atoms with van der Waals surface area (Å²) in [5.41, 5.74) is -0.730. The van der Waals surface area contributed by atoms with Crippen molar-refractivity contribution >= 4 is 40.7 Å². The maximum Gasteiger partial charge on any atom is 0.416 e. The Hall–Kier alpha value is -3.56. The third-order valence-corrected chi connectivity index (χ3v) is 6.11. The zero-order chi connectivity index (χ0) is 26.2. The first-order chi connectivity index (χ1) is 17.0.